The summed E-state index contributed by atoms with van der Waals surface area (Å²) in [7, 11) is 1.21. The van der Waals surface area contributed by atoms with Crippen LogP contribution < -0.4 is 4.89 Å². The number of hydrogen-bond donors (Lipinski definition) is 1. The van der Waals surface area contributed by atoms with E-state index in [4.69, 9.17) is 14.6 Å². The minimum absolute atomic E-state index is 0.0160. The van der Waals surface area contributed by atoms with Crippen molar-refractivity contribution in [3.8, 4) is 0 Å². The predicted octanol–water partition coefficient (Wildman–Crippen LogP) is 5.49. The number of allylic oxidation sites excluding steroid dienone is 1. The third-order valence-corrected chi connectivity index (χ3v) is 6.28. The molecule has 0 amide bonds. The summed E-state index contributed by atoms with van der Waals surface area (Å²) in [6.45, 7) is 2.23. The van der Waals surface area contributed by atoms with Crippen molar-refractivity contribution in [3.63, 3.8) is 0 Å². The Morgan fingerprint density at radius 2 is 1.58 bits per heavy atom. The van der Waals surface area contributed by atoms with E-state index in [9.17, 15) is 14.6 Å². The number of unbranched alkanes of at least 4 members (excludes halogenated alkanes) is 11. The third-order valence-electron chi connectivity index (χ3n) is 5.32. The molecule has 0 aliphatic heterocycles. The fourth-order valence-electron chi connectivity index (χ4n) is 3.19. The quantitative estimate of drug-likeness (QED) is 0.0408. The molecule has 0 aromatic rings. The second-order valence-corrected chi connectivity index (χ2v) is 11.0. The van der Waals surface area contributed by atoms with E-state index in [1.807, 2.05) is 27.2 Å². The predicted molar refractivity (Wildman–Crippen MR) is 132 cm³/mol. The average molecular weight is 491 g/mol. The first-order valence-corrected chi connectivity index (χ1v) is 13.9. The highest BCUT2D eigenvalue weighted by atomic mass is 31.2. The number of azide groups is 1. The number of aliphatic hydroxyl groups is 1. The van der Waals surface area contributed by atoms with Crippen molar-refractivity contribution >= 4 is 7.82 Å². The van der Waals surface area contributed by atoms with Gasteiger partial charge in [0.2, 0.25) is 0 Å². The molecule has 0 aliphatic carbocycles. The van der Waals surface area contributed by atoms with Crippen molar-refractivity contribution in [1.29, 1.82) is 0 Å². The molecule has 0 aromatic carbocycles. The Bertz CT molecular complexity index is 606. The number of rotatable bonds is 22. The molecule has 0 aromatic heterocycles. The number of phosphoric ester groups is 1. The summed E-state index contributed by atoms with van der Waals surface area (Å²) >= 11 is 0. The minimum atomic E-state index is -4.53. The lowest BCUT2D eigenvalue weighted by atomic mass is 10.0. The van der Waals surface area contributed by atoms with Crippen LogP contribution in [-0.2, 0) is 13.6 Å². The average Bonchev–Trinajstić information content (AvgIpc) is 2.73. The summed E-state index contributed by atoms with van der Waals surface area (Å²) in [6, 6.07) is -1.05. The van der Waals surface area contributed by atoms with E-state index >= 15 is 0 Å². The monoisotopic (exact) mass is 490 g/mol. The van der Waals surface area contributed by atoms with Gasteiger partial charge < -0.3 is 23.5 Å². The Morgan fingerprint density at radius 1 is 1.03 bits per heavy atom. The molecular formula is C23H47N4O5P. The summed E-state index contributed by atoms with van der Waals surface area (Å²) in [5.41, 5.74) is 8.72. The maximum atomic E-state index is 11.9. The van der Waals surface area contributed by atoms with E-state index in [1.54, 1.807) is 0 Å². The molecule has 0 aliphatic rings. The minimum Gasteiger partial charge on any atom is -0.756 e. The van der Waals surface area contributed by atoms with Crippen molar-refractivity contribution in [2.24, 2.45) is 5.11 Å². The Morgan fingerprint density at radius 3 is 2.09 bits per heavy atom. The van der Waals surface area contributed by atoms with Gasteiger partial charge in [0, 0.05) is 4.91 Å². The molecule has 9 nitrogen and oxygen atoms in total. The van der Waals surface area contributed by atoms with E-state index in [0.29, 0.717) is 11.0 Å². The number of nitrogens with zero attached hydrogens (tertiary/aromatic N) is 4. The van der Waals surface area contributed by atoms with Crippen LogP contribution in [0, 0.1) is 0 Å². The Balaban J connectivity index is 4.06. The van der Waals surface area contributed by atoms with Crippen LogP contribution in [0.1, 0.15) is 84.0 Å². The van der Waals surface area contributed by atoms with E-state index in [1.165, 1.54) is 63.9 Å². The Labute approximate surface area is 201 Å². The van der Waals surface area contributed by atoms with Gasteiger partial charge in [0.05, 0.1) is 39.9 Å². The topological polar surface area (TPSA) is 128 Å². The van der Waals surface area contributed by atoms with Gasteiger partial charge in [-0.3, -0.25) is 4.57 Å². The van der Waals surface area contributed by atoms with Crippen molar-refractivity contribution in [3.05, 3.63) is 22.6 Å². The van der Waals surface area contributed by atoms with Crippen LogP contribution in [0.15, 0.2) is 17.3 Å². The van der Waals surface area contributed by atoms with Crippen LogP contribution in [-0.4, -0.2) is 62.6 Å². The summed E-state index contributed by atoms with van der Waals surface area (Å²) in [6.07, 6.45) is 17.1. The molecule has 33 heavy (non-hydrogen) atoms. The smallest absolute Gasteiger partial charge is 0.268 e. The molecule has 0 bridgehead atoms. The molecule has 0 fully saturated rings. The number of phosphoric acid groups is 1. The molecule has 0 saturated carbocycles. The number of quaternary nitrogens is 1. The van der Waals surface area contributed by atoms with Gasteiger partial charge in [-0.25, -0.2) is 0 Å². The fourth-order valence-corrected chi connectivity index (χ4v) is 3.90. The lowest BCUT2D eigenvalue weighted by molar-refractivity contribution is -0.870. The van der Waals surface area contributed by atoms with Gasteiger partial charge in [-0.15, -0.1) is 0 Å². The highest BCUT2D eigenvalue weighted by Gasteiger charge is 2.20. The highest BCUT2D eigenvalue weighted by Crippen LogP contribution is 2.38. The van der Waals surface area contributed by atoms with Crippen molar-refractivity contribution in [1.82, 2.24) is 0 Å². The summed E-state index contributed by atoms with van der Waals surface area (Å²) in [5, 5.41) is 13.7. The van der Waals surface area contributed by atoms with E-state index in [2.05, 4.69) is 16.9 Å². The first-order valence-electron chi connectivity index (χ1n) is 12.4. The zero-order valence-corrected chi connectivity index (χ0v) is 22.1. The van der Waals surface area contributed by atoms with Gasteiger partial charge in [-0.1, -0.05) is 88.4 Å². The summed E-state index contributed by atoms with van der Waals surface area (Å²) < 4.78 is 22.1. The lowest BCUT2D eigenvalue weighted by Crippen LogP contribution is -2.37. The molecule has 10 heteroatoms. The van der Waals surface area contributed by atoms with Crippen LogP contribution in [0.4, 0.5) is 0 Å². The summed E-state index contributed by atoms with van der Waals surface area (Å²) in [4.78, 5) is 14.6. The van der Waals surface area contributed by atoms with Crippen molar-refractivity contribution in [2.75, 3.05) is 40.9 Å². The molecule has 0 spiro atoms. The van der Waals surface area contributed by atoms with Gasteiger partial charge in [0.1, 0.15) is 13.2 Å². The van der Waals surface area contributed by atoms with Crippen LogP contribution in [0.2, 0.25) is 0 Å². The molecular weight excluding hydrogens is 443 g/mol. The van der Waals surface area contributed by atoms with Gasteiger partial charge >= 0.3 is 0 Å². The highest BCUT2D eigenvalue weighted by molar-refractivity contribution is 7.45. The van der Waals surface area contributed by atoms with Crippen molar-refractivity contribution in [2.45, 2.75) is 96.1 Å². The molecule has 0 heterocycles. The SMILES string of the molecule is CCCCCCCCCCCCCC=CC(O)C(COP(=O)([O-])OCC[N+](C)(C)C)N=[N+]=[N-]. The Hall–Kier alpha value is -0.920. The number of likely N-dealkylation sites (N-methyl/N-ethyl adjacent to an activating group) is 1. The third kappa shape index (κ3) is 21.4. The van der Waals surface area contributed by atoms with Crippen LogP contribution in [0.3, 0.4) is 0 Å². The zero-order valence-electron chi connectivity index (χ0n) is 21.2. The molecule has 3 unspecified atom stereocenters. The fraction of sp³-hybridized carbons (Fsp3) is 0.913. The largest absolute Gasteiger partial charge is 0.756 e. The molecule has 1 N–H and O–H groups in total. The van der Waals surface area contributed by atoms with Gasteiger partial charge in [0.15, 0.2) is 0 Å². The number of hydrogen-bond acceptors (Lipinski definition) is 6. The maximum absolute atomic E-state index is 11.9. The zero-order chi connectivity index (χ0) is 25.0. The molecule has 194 valence electrons. The lowest BCUT2D eigenvalue weighted by Gasteiger charge is -2.28. The molecule has 0 saturated heterocycles. The number of aliphatic hydroxyl groups excluding tert-OH is 1. The molecule has 0 radical (unpaired) electrons. The van der Waals surface area contributed by atoms with E-state index in [0.717, 1.165) is 19.3 Å². The van der Waals surface area contributed by atoms with Gasteiger partial charge in [-0.2, -0.15) is 0 Å². The summed E-state index contributed by atoms with van der Waals surface area (Å²) in [5.74, 6) is 0. The standard InChI is InChI=1S/C23H47N4O5P/c1-5-6-7-8-9-10-11-12-13-14-15-16-17-18-23(28)22(25-26-24)21-32-33(29,30)31-20-19-27(2,3)4/h17-18,22-23,28H,5-16,19-21H2,1-4H3. The van der Waals surface area contributed by atoms with E-state index < -0.39 is 26.6 Å². The van der Waals surface area contributed by atoms with Crippen LogP contribution in [0.25, 0.3) is 10.4 Å². The van der Waals surface area contributed by atoms with Crippen molar-refractivity contribution < 1.29 is 28.1 Å². The first-order chi connectivity index (χ1) is 15.6. The van der Waals surface area contributed by atoms with Gasteiger partial charge in [0.25, 0.3) is 7.82 Å². The maximum Gasteiger partial charge on any atom is 0.268 e. The van der Waals surface area contributed by atoms with Crippen LogP contribution >= 0.6 is 7.82 Å². The van der Waals surface area contributed by atoms with Crippen LogP contribution in [0.5, 0.6) is 0 Å². The first kappa shape index (κ1) is 32.1. The Kier molecular flexibility index (Phi) is 18.9. The second kappa shape index (κ2) is 19.4. The molecule has 3 atom stereocenters. The normalized spacial score (nSPS) is 15.8. The van der Waals surface area contributed by atoms with E-state index in [-0.39, 0.29) is 6.61 Å². The van der Waals surface area contributed by atoms with Gasteiger partial charge in [-0.05, 0) is 18.4 Å². The second-order valence-electron chi connectivity index (χ2n) is 9.61. The molecule has 0 rings (SSSR count).